The van der Waals surface area contributed by atoms with Gasteiger partial charge in [0.15, 0.2) is 0 Å². The first-order chi connectivity index (χ1) is 17.3. The summed E-state index contributed by atoms with van der Waals surface area (Å²) in [6.07, 6.45) is 0.972. The molecule has 0 fully saturated rings. The van der Waals surface area contributed by atoms with E-state index in [1.54, 1.807) is 17.0 Å². The van der Waals surface area contributed by atoms with Crippen LogP contribution < -0.4 is 9.62 Å². The fraction of sp³-hybridized carbons (Fsp3) is 0.357. The molecule has 1 aliphatic rings. The third kappa shape index (κ3) is 4.82. The topological polar surface area (TPSA) is 86.8 Å². The van der Waals surface area contributed by atoms with Crippen molar-refractivity contribution in [1.29, 1.82) is 0 Å². The highest BCUT2D eigenvalue weighted by Gasteiger charge is 2.35. The summed E-state index contributed by atoms with van der Waals surface area (Å²) in [7, 11) is -3.67. The lowest BCUT2D eigenvalue weighted by atomic mass is 10.1. The van der Waals surface area contributed by atoms with E-state index in [-0.39, 0.29) is 24.8 Å². The minimum atomic E-state index is -3.67. The number of nitrogens with one attached hydrogen (secondary N) is 1. The molecule has 1 unspecified atom stereocenters. The number of sulfonamides is 1. The van der Waals surface area contributed by atoms with Gasteiger partial charge in [-0.15, -0.1) is 0 Å². The second-order valence-electron chi connectivity index (χ2n) is 9.08. The lowest BCUT2D eigenvalue weighted by Gasteiger charge is -2.31. The van der Waals surface area contributed by atoms with E-state index in [4.69, 9.17) is 0 Å². The Kier molecular flexibility index (Phi) is 7.64. The quantitative estimate of drug-likeness (QED) is 0.441. The van der Waals surface area contributed by atoms with E-state index in [1.165, 1.54) is 4.31 Å². The maximum Gasteiger partial charge on any atom is 0.265 e. The van der Waals surface area contributed by atoms with Gasteiger partial charge in [0, 0.05) is 31.4 Å². The van der Waals surface area contributed by atoms with Gasteiger partial charge in [0.1, 0.15) is 6.04 Å². The van der Waals surface area contributed by atoms with Crippen LogP contribution in [0, 0.1) is 6.92 Å². The smallest absolute Gasteiger partial charge is 0.265 e. The minimum Gasteiger partial charge on any atom is -0.355 e. The first kappa shape index (κ1) is 25.7. The first-order valence-electron chi connectivity index (χ1n) is 12.5. The van der Waals surface area contributed by atoms with Crippen molar-refractivity contribution in [3.05, 3.63) is 71.8 Å². The van der Waals surface area contributed by atoms with Gasteiger partial charge in [-0.1, -0.05) is 55.5 Å². The Labute approximate surface area is 213 Å². The molecule has 2 amide bonds. The maximum absolute atomic E-state index is 13.5. The largest absolute Gasteiger partial charge is 0.355 e. The molecule has 0 aromatic heterocycles. The fourth-order valence-electron chi connectivity index (χ4n) is 4.90. The number of carbonyl (C=O) groups excluding carboxylic acids is 2. The zero-order chi connectivity index (χ0) is 25.9. The maximum atomic E-state index is 13.5. The Balaban J connectivity index is 1.53. The fourth-order valence-corrected chi connectivity index (χ4v) is 6.65. The average Bonchev–Trinajstić information content (AvgIpc) is 3.08. The number of anilines is 1. The van der Waals surface area contributed by atoms with Crippen LogP contribution in [0.5, 0.6) is 0 Å². The monoisotopic (exact) mass is 507 g/mol. The van der Waals surface area contributed by atoms with Gasteiger partial charge in [-0.25, -0.2) is 8.42 Å². The number of carbonyl (C=O) groups is 2. The van der Waals surface area contributed by atoms with Crippen LogP contribution in [0.2, 0.25) is 0 Å². The molecule has 0 bridgehead atoms. The van der Waals surface area contributed by atoms with Crippen molar-refractivity contribution in [2.24, 2.45) is 0 Å². The molecule has 1 heterocycles. The lowest BCUT2D eigenvalue weighted by Crippen LogP contribution is -2.49. The predicted molar refractivity (Wildman–Crippen MR) is 142 cm³/mol. The van der Waals surface area contributed by atoms with Crippen molar-refractivity contribution in [3.8, 4) is 0 Å². The molecule has 3 aromatic carbocycles. The number of benzene rings is 3. The standard InChI is InChI=1S/C28H33N3O4S/c1-4-23(28(33)29-5-2)30(19-22-12-7-6-11-20(22)3)26(32)17-10-18-31-24-15-8-13-21-14-9-16-25(27(21)24)36(31,34)35/h6-9,11-16,23H,4-5,10,17-19H2,1-3H3,(H,29,33). The molecular formula is C28H33N3O4S. The van der Waals surface area contributed by atoms with Crippen LogP contribution in [0.3, 0.4) is 0 Å². The van der Waals surface area contributed by atoms with E-state index in [0.717, 1.165) is 21.9 Å². The summed E-state index contributed by atoms with van der Waals surface area (Å²) in [6.45, 7) is 6.74. The van der Waals surface area contributed by atoms with Crippen LogP contribution in [0.15, 0.2) is 65.6 Å². The molecule has 0 aliphatic carbocycles. The van der Waals surface area contributed by atoms with E-state index in [9.17, 15) is 18.0 Å². The third-order valence-corrected chi connectivity index (χ3v) is 8.63. The van der Waals surface area contributed by atoms with Crippen molar-refractivity contribution >= 4 is 38.3 Å². The number of hydrogen-bond donors (Lipinski definition) is 1. The van der Waals surface area contributed by atoms with Gasteiger partial charge in [-0.05, 0) is 55.3 Å². The minimum absolute atomic E-state index is 0.139. The number of nitrogens with zero attached hydrogens (tertiary/aromatic N) is 2. The van der Waals surface area contributed by atoms with Crippen molar-refractivity contribution in [1.82, 2.24) is 10.2 Å². The number of likely N-dealkylation sites (N-methyl/N-ethyl adjacent to an activating group) is 1. The highest BCUT2D eigenvalue weighted by molar-refractivity contribution is 7.93. The lowest BCUT2D eigenvalue weighted by molar-refractivity contribution is -0.141. The van der Waals surface area contributed by atoms with Crippen molar-refractivity contribution in [2.45, 2.75) is 57.5 Å². The molecule has 1 aliphatic heterocycles. The zero-order valence-corrected chi connectivity index (χ0v) is 21.8. The number of amides is 2. The Morgan fingerprint density at radius 2 is 1.72 bits per heavy atom. The summed E-state index contributed by atoms with van der Waals surface area (Å²) in [4.78, 5) is 28.2. The summed E-state index contributed by atoms with van der Waals surface area (Å²) < 4.78 is 27.9. The second kappa shape index (κ2) is 10.7. The Bertz CT molecular complexity index is 1380. The molecule has 0 saturated heterocycles. The molecule has 190 valence electrons. The number of rotatable bonds is 10. The summed E-state index contributed by atoms with van der Waals surface area (Å²) in [5.41, 5.74) is 2.69. The van der Waals surface area contributed by atoms with Gasteiger partial charge in [0.25, 0.3) is 10.0 Å². The van der Waals surface area contributed by atoms with E-state index >= 15 is 0 Å². The predicted octanol–water partition coefficient (Wildman–Crippen LogP) is 4.38. The molecule has 36 heavy (non-hydrogen) atoms. The van der Waals surface area contributed by atoms with Gasteiger partial charge < -0.3 is 10.2 Å². The van der Waals surface area contributed by atoms with E-state index < -0.39 is 16.1 Å². The number of aryl methyl sites for hydroxylation is 1. The van der Waals surface area contributed by atoms with Crippen molar-refractivity contribution in [2.75, 3.05) is 17.4 Å². The van der Waals surface area contributed by atoms with Crippen LogP contribution in [-0.2, 0) is 26.2 Å². The molecule has 4 rings (SSSR count). The molecule has 1 atom stereocenters. The summed E-state index contributed by atoms with van der Waals surface area (Å²) >= 11 is 0. The molecule has 0 saturated carbocycles. The molecule has 8 heteroatoms. The summed E-state index contributed by atoms with van der Waals surface area (Å²) in [5, 5.41) is 4.46. The Hall–Kier alpha value is -3.39. The van der Waals surface area contributed by atoms with Gasteiger partial charge >= 0.3 is 0 Å². The molecule has 3 aromatic rings. The molecule has 0 radical (unpaired) electrons. The highest BCUT2D eigenvalue weighted by Crippen LogP contribution is 2.42. The average molecular weight is 508 g/mol. The number of hydrogen-bond acceptors (Lipinski definition) is 4. The Morgan fingerprint density at radius 3 is 2.42 bits per heavy atom. The summed E-state index contributed by atoms with van der Waals surface area (Å²) in [5.74, 6) is -0.338. The molecule has 7 nitrogen and oxygen atoms in total. The van der Waals surface area contributed by atoms with Crippen molar-refractivity contribution < 1.29 is 18.0 Å². The first-order valence-corrected chi connectivity index (χ1v) is 13.9. The van der Waals surface area contributed by atoms with E-state index in [0.29, 0.717) is 36.5 Å². The third-order valence-electron chi connectivity index (χ3n) is 6.77. The van der Waals surface area contributed by atoms with E-state index in [1.807, 2.05) is 69.3 Å². The molecule has 1 N–H and O–H groups in total. The Morgan fingerprint density at radius 1 is 1.00 bits per heavy atom. The van der Waals surface area contributed by atoms with Gasteiger partial charge in [0.2, 0.25) is 11.8 Å². The van der Waals surface area contributed by atoms with Crippen LogP contribution in [0.4, 0.5) is 5.69 Å². The van der Waals surface area contributed by atoms with Crippen LogP contribution in [-0.4, -0.2) is 44.3 Å². The zero-order valence-electron chi connectivity index (χ0n) is 21.0. The second-order valence-corrected chi connectivity index (χ2v) is 10.9. The van der Waals surface area contributed by atoms with Crippen molar-refractivity contribution in [3.63, 3.8) is 0 Å². The molecule has 0 spiro atoms. The van der Waals surface area contributed by atoms with E-state index in [2.05, 4.69) is 5.32 Å². The van der Waals surface area contributed by atoms with Crippen LogP contribution >= 0.6 is 0 Å². The van der Waals surface area contributed by atoms with Gasteiger partial charge in [0.05, 0.1) is 10.6 Å². The summed E-state index contributed by atoms with van der Waals surface area (Å²) in [6, 6.07) is 18.1. The van der Waals surface area contributed by atoms with Gasteiger partial charge in [-0.3, -0.25) is 13.9 Å². The SMILES string of the molecule is CCNC(=O)C(CC)N(Cc1ccccc1C)C(=O)CCCN1c2cccc3cccc(c23)S1(=O)=O. The van der Waals surface area contributed by atoms with Crippen LogP contribution in [0.25, 0.3) is 10.8 Å². The molecular weight excluding hydrogens is 474 g/mol. The normalized spacial score (nSPS) is 14.6. The van der Waals surface area contributed by atoms with Gasteiger partial charge in [-0.2, -0.15) is 0 Å². The highest BCUT2D eigenvalue weighted by atomic mass is 32.2. The van der Waals surface area contributed by atoms with Crippen LogP contribution in [0.1, 0.15) is 44.2 Å².